The molecule has 19 heavy (non-hydrogen) atoms. The fourth-order valence-corrected chi connectivity index (χ4v) is 2.32. The van der Waals surface area contributed by atoms with E-state index in [1.165, 1.54) is 0 Å². The van der Waals surface area contributed by atoms with Crippen molar-refractivity contribution in [2.24, 2.45) is 0 Å². The molecule has 4 nitrogen and oxygen atoms in total. The van der Waals surface area contributed by atoms with Gasteiger partial charge in [0.25, 0.3) is 0 Å². The summed E-state index contributed by atoms with van der Waals surface area (Å²) in [5.41, 5.74) is 8.61. The Morgan fingerprint density at radius 1 is 1.26 bits per heavy atom. The van der Waals surface area contributed by atoms with Crippen LogP contribution in [-0.2, 0) is 0 Å². The number of halogens is 1. The van der Waals surface area contributed by atoms with Gasteiger partial charge in [-0.2, -0.15) is 0 Å². The molecule has 0 radical (unpaired) electrons. The molecule has 96 valence electrons. The average molecular weight is 319 g/mol. The summed E-state index contributed by atoms with van der Waals surface area (Å²) in [5, 5.41) is 0. The lowest BCUT2D eigenvalue weighted by atomic mass is 10.2. The van der Waals surface area contributed by atoms with E-state index < -0.39 is 0 Å². The van der Waals surface area contributed by atoms with Crippen LogP contribution in [-0.4, -0.2) is 12.1 Å². The molecular formula is C14H11BrN2O2. The first-order chi connectivity index (χ1) is 9.19. The minimum atomic E-state index is 0.466. The zero-order valence-corrected chi connectivity index (χ0v) is 11.8. The topological polar surface area (TPSA) is 61.3 Å². The minimum absolute atomic E-state index is 0.466. The molecule has 2 aromatic carbocycles. The summed E-state index contributed by atoms with van der Waals surface area (Å²) in [7, 11) is 1.57. The predicted octanol–water partition coefficient (Wildman–Crippen LogP) is 3.85. The number of oxazole rings is 1. The van der Waals surface area contributed by atoms with Crippen molar-refractivity contribution in [2.45, 2.75) is 0 Å². The molecule has 0 fully saturated rings. The molecule has 2 N–H and O–H groups in total. The first-order valence-corrected chi connectivity index (χ1v) is 6.47. The van der Waals surface area contributed by atoms with Crippen molar-refractivity contribution in [3.63, 3.8) is 0 Å². The number of nitrogen functional groups attached to an aromatic ring is 1. The Labute approximate surface area is 118 Å². The third-order valence-electron chi connectivity index (χ3n) is 2.85. The molecule has 0 amide bonds. The second-order valence-corrected chi connectivity index (χ2v) is 4.97. The third kappa shape index (κ3) is 2.06. The van der Waals surface area contributed by atoms with Crippen LogP contribution < -0.4 is 10.5 Å². The van der Waals surface area contributed by atoms with Crippen LogP contribution in [0.4, 0.5) is 5.69 Å². The molecular weight excluding hydrogens is 308 g/mol. The van der Waals surface area contributed by atoms with E-state index in [4.69, 9.17) is 14.9 Å². The molecule has 1 heterocycles. The van der Waals surface area contributed by atoms with Crippen molar-refractivity contribution >= 4 is 32.7 Å². The number of hydrogen-bond acceptors (Lipinski definition) is 4. The molecule has 0 aliphatic heterocycles. The van der Waals surface area contributed by atoms with E-state index in [1.807, 2.05) is 30.3 Å². The lowest BCUT2D eigenvalue weighted by Crippen LogP contribution is -1.91. The largest absolute Gasteiger partial charge is 0.494 e. The van der Waals surface area contributed by atoms with Gasteiger partial charge in [-0.3, -0.25) is 0 Å². The van der Waals surface area contributed by atoms with Crippen molar-refractivity contribution in [1.82, 2.24) is 4.98 Å². The van der Waals surface area contributed by atoms with Crippen LogP contribution in [0.15, 0.2) is 45.3 Å². The van der Waals surface area contributed by atoms with Gasteiger partial charge >= 0.3 is 0 Å². The van der Waals surface area contributed by atoms with Gasteiger partial charge in [-0.1, -0.05) is 22.0 Å². The number of ether oxygens (including phenoxy) is 1. The maximum atomic E-state index is 5.98. The highest BCUT2D eigenvalue weighted by molar-refractivity contribution is 9.10. The van der Waals surface area contributed by atoms with E-state index >= 15 is 0 Å². The smallest absolute Gasteiger partial charge is 0.227 e. The SMILES string of the molecule is COc1ccc2nc(-c3cccc(Br)c3)oc2c1N. The summed E-state index contributed by atoms with van der Waals surface area (Å²) in [6.45, 7) is 0. The van der Waals surface area contributed by atoms with Crippen LogP contribution in [0.25, 0.3) is 22.6 Å². The van der Waals surface area contributed by atoms with Crippen LogP contribution in [0.2, 0.25) is 0 Å². The summed E-state index contributed by atoms with van der Waals surface area (Å²) in [6.07, 6.45) is 0. The van der Waals surface area contributed by atoms with Crippen LogP contribution in [0, 0.1) is 0 Å². The second-order valence-electron chi connectivity index (χ2n) is 4.06. The van der Waals surface area contributed by atoms with Gasteiger partial charge in [0.05, 0.1) is 7.11 Å². The van der Waals surface area contributed by atoms with Crippen molar-refractivity contribution < 1.29 is 9.15 Å². The molecule has 1 aromatic heterocycles. The van der Waals surface area contributed by atoms with Crippen LogP contribution in [0.5, 0.6) is 5.75 Å². The van der Waals surface area contributed by atoms with Crippen molar-refractivity contribution in [3.05, 3.63) is 40.9 Å². The molecule has 0 unspecified atom stereocenters. The van der Waals surface area contributed by atoms with E-state index in [9.17, 15) is 0 Å². The van der Waals surface area contributed by atoms with E-state index in [0.29, 0.717) is 28.4 Å². The Morgan fingerprint density at radius 3 is 2.84 bits per heavy atom. The standard InChI is InChI=1S/C14H11BrN2O2/c1-18-11-6-5-10-13(12(11)16)19-14(17-10)8-3-2-4-9(15)7-8/h2-7H,16H2,1H3. The summed E-state index contributed by atoms with van der Waals surface area (Å²) >= 11 is 3.43. The summed E-state index contributed by atoms with van der Waals surface area (Å²) in [4.78, 5) is 4.44. The number of hydrogen-bond donors (Lipinski definition) is 1. The van der Waals surface area contributed by atoms with Crippen LogP contribution in [0.3, 0.4) is 0 Å². The van der Waals surface area contributed by atoms with Gasteiger partial charge in [0.15, 0.2) is 5.58 Å². The highest BCUT2D eigenvalue weighted by atomic mass is 79.9. The third-order valence-corrected chi connectivity index (χ3v) is 3.34. The number of aromatic nitrogens is 1. The number of nitrogens with zero attached hydrogens (tertiary/aromatic N) is 1. The molecule has 0 aliphatic carbocycles. The molecule has 0 aliphatic rings. The number of rotatable bonds is 2. The van der Waals surface area contributed by atoms with Crippen molar-refractivity contribution in [1.29, 1.82) is 0 Å². The van der Waals surface area contributed by atoms with E-state index in [2.05, 4.69) is 20.9 Å². The van der Waals surface area contributed by atoms with E-state index in [0.717, 1.165) is 10.0 Å². The van der Waals surface area contributed by atoms with E-state index in [-0.39, 0.29) is 0 Å². The molecule has 0 atom stereocenters. The molecule has 0 bridgehead atoms. The van der Waals surface area contributed by atoms with E-state index in [1.54, 1.807) is 13.2 Å². The molecule has 0 saturated heterocycles. The highest BCUT2D eigenvalue weighted by Gasteiger charge is 2.13. The zero-order chi connectivity index (χ0) is 13.4. The first-order valence-electron chi connectivity index (χ1n) is 5.68. The maximum Gasteiger partial charge on any atom is 0.227 e. The molecule has 3 aromatic rings. The van der Waals surface area contributed by atoms with Gasteiger partial charge in [-0.25, -0.2) is 4.98 Å². The van der Waals surface area contributed by atoms with Gasteiger partial charge in [0.2, 0.25) is 5.89 Å². The summed E-state index contributed by atoms with van der Waals surface area (Å²) in [6, 6.07) is 11.4. The highest BCUT2D eigenvalue weighted by Crippen LogP contribution is 2.34. The number of anilines is 1. The Morgan fingerprint density at radius 2 is 2.11 bits per heavy atom. The van der Waals surface area contributed by atoms with Crippen molar-refractivity contribution in [3.8, 4) is 17.2 Å². The Hall–Kier alpha value is -2.01. The Balaban J connectivity index is 2.19. The normalized spacial score (nSPS) is 10.8. The van der Waals surface area contributed by atoms with Gasteiger partial charge in [0, 0.05) is 10.0 Å². The van der Waals surface area contributed by atoms with Gasteiger partial charge in [-0.05, 0) is 30.3 Å². The predicted molar refractivity (Wildman–Crippen MR) is 78.1 cm³/mol. The molecule has 0 spiro atoms. The number of fused-ring (bicyclic) bond motifs is 1. The Bertz CT molecular complexity index is 752. The van der Waals surface area contributed by atoms with Crippen LogP contribution in [0.1, 0.15) is 0 Å². The van der Waals surface area contributed by atoms with Crippen molar-refractivity contribution in [2.75, 3.05) is 12.8 Å². The molecule has 0 saturated carbocycles. The monoisotopic (exact) mass is 318 g/mol. The second kappa shape index (κ2) is 4.59. The fourth-order valence-electron chi connectivity index (χ4n) is 1.92. The molecule has 3 rings (SSSR count). The molecule has 5 heteroatoms. The fraction of sp³-hybridized carbons (Fsp3) is 0.0714. The number of methoxy groups -OCH3 is 1. The lowest BCUT2D eigenvalue weighted by Gasteiger charge is -2.02. The van der Waals surface area contributed by atoms with Crippen LogP contribution >= 0.6 is 15.9 Å². The maximum absolute atomic E-state index is 5.98. The zero-order valence-electron chi connectivity index (χ0n) is 10.2. The average Bonchev–Trinajstić information content (AvgIpc) is 2.84. The van der Waals surface area contributed by atoms with Gasteiger partial charge < -0.3 is 14.9 Å². The number of benzene rings is 2. The van der Waals surface area contributed by atoms with Gasteiger partial charge in [-0.15, -0.1) is 0 Å². The summed E-state index contributed by atoms with van der Waals surface area (Å²) < 4.78 is 11.9. The van der Waals surface area contributed by atoms with Gasteiger partial charge in [0.1, 0.15) is 17.0 Å². The quantitative estimate of drug-likeness (QED) is 0.729. The minimum Gasteiger partial charge on any atom is -0.494 e. The first kappa shape index (κ1) is 12.0. The Kier molecular flexibility index (Phi) is 2.91. The lowest BCUT2D eigenvalue weighted by molar-refractivity contribution is 0.417. The summed E-state index contributed by atoms with van der Waals surface area (Å²) in [5.74, 6) is 1.13. The number of nitrogens with two attached hydrogens (primary N) is 1.